The predicted molar refractivity (Wildman–Crippen MR) is 100 cm³/mol. The Morgan fingerprint density at radius 2 is 2.00 bits per heavy atom. The second kappa shape index (κ2) is 8.23. The zero-order chi connectivity index (χ0) is 18.5. The molecule has 0 spiro atoms. The predicted octanol–water partition coefficient (Wildman–Crippen LogP) is 4.32. The van der Waals surface area contributed by atoms with Gasteiger partial charge in [-0.2, -0.15) is 5.10 Å². The summed E-state index contributed by atoms with van der Waals surface area (Å²) in [5, 5.41) is 16.4. The summed E-state index contributed by atoms with van der Waals surface area (Å²) in [5.74, 6) is 1.22. The first-order valence-electron chi connectivity index (χ1n) is 8.56. The number of benzene rings is 1. The summed E-state index contributed by atoms with van der Waals surface area (Å²) in [5.41, 5.74) is 2.66. The fraction of sp³-hybridized carbons (Fsp3) is 0.389. The standard InChI is InChI=1S/C18H22ClN5O2/c1-4-5-10-24-16(19)15(12(2)23-24)11-20-18-22-21-17(26-18)13-6-8-14(25-3)9-7-13/h6-9H,4-5,10-11H2,1-3H3,(H,20,22). The van der Waals surface area contributed by atoms with Crippen molar-refractivity contribution in [2.45, 2.75) is 39.8 Å². The van der Waals surface area contributed by atoms with Crippen LogP contribution in [0.3, 0.4) is 0 Å². The van der Waals surface area contributed by atoms with Crippen LogP contribution in [-0.4, -0.2) is 27.1 Å². The molecule has 0 aliphatic carbocycles. The number of nitrogens with one attached hydrogen (secondary N) is 1. The third-order valence-corrected chi connectivity index (χ3v) is 4.51. The molecule has 26 heavy (non-hydrogen) atoms. The molecule has 0 amide bonds. The summed E-state index contributed by atoms with van der Waals surface area (Å²) in [6.45, 7) is 5.38. The molecular formula is C18H22ClN5O2. The van der Waals surface area contributed by atoms with Crippen LogP contribution in [0.25, 0.3) is 11.5 Å². The van der Waals surface area contributed by atoms with Crippen LogP contribution in [0.2, 0.25) is 5.15 Å². The molecule has 3 rings (SSSR count). The lowest BCUT2D eigenvalue weighted by molar-refractivity contribution is 0.415. The van der Waals surface area contributed by atoms with Crippen molar-refractivity contribution in [3.05, 3.63) is 40.7 Å². The van der Waals surface area contributed by atoms with E-state index in [9.17, 15) is 0 Å². The Hall–Kier alpha value is -2.54. The first kappa shape index (κ1) is 18.3. The van der Waals surface area contributed by atoms with E-state index in [1.165, 1.54) is 0 Å². The van der Waals surface area contributed by atoms with Gasteiger partial charge in [0.15, 0.2) is 0 Å². The highest BCUT2D eigenvalue weighted by atomic mass is 35.5. The lowest BCUT2D eigenvalue weighted by atomic mass is 10.2. The Morgan fingerprint density at radius 3 is 2.69 bits per heavy atom. The number of hydrogen-bond donors (Lipinski definition) is 1. The molecule has 8 heteroatoms. The normalized spacial score (nSPS) is 10.9. The molecule has 0 radical (unpaired) electrons. The van der Waals surface area contributed by atoms with Crippen molar-refractivity contribution in [3.8, 4) is 17.2 Å². The van der Waals surface area contributed by atoms with E-state index in [4.69, 9.17) is 20.8 Å². The second-order valence-electron chi connectivity index (χ2n) is 5.93. The molecule has 1 aromatic carbocycles. The van der Waals surface area contributed by atoms with Gasteiger partial charge in [-0.25, -0.2) is 0 Å². The fourth-order valence-electron chi connectivity index (χ4n) is 2.56. The first-order chi connectivity index (χ1) is 12.6. The molecule has 0 saturated heterocycles. The number of nitrogens with zero attached hydrogens (tertiary/aromatic N) is 4. The van der Waals surface area contributed by atoms with Crippen LogP contribution in [-0.2, 0) is 13.1 Å². The van der Waals surface area contributed by atoms with Crippen molar-refractivity contribution in [1.29, 1.82) is 0 Å². The molecule has 138 valence electrons. The number of anilines is 1. The summed E-state index contributed by atoms with van der Waals surface area (Å²) < 4.78 is 12.7. The number of methoxy groups -OCH3 is 1. The van der Waals surface area contributed by atoms with E-state index in [2.05, 4.69) is 27.5 Å². The van der Waals surface area contributed by atoms with Crippen molar-refractivity contribution >= 4 is 17.6 Å². The second-order valence-corrected chi connectivity index (χ2v) is 6.28. The van der Waals surface area contributed by atoms with Gasteiger partial charge in [0.2, 0.25) is 5.89 Å². The minimum absolute atomic E-state index is 0.340. The van der Waals surface area contributed by atoms with Crippen molar-refractivity contribution in [1.82, 2.24) is 20.0 Å². The third-order valence-electron chi connectivity index (χ3n) is 4.08. The molecule has 0 aliphatic rings. The van der Waals surface area contributed by atoms with E-state index in [-0.39, 0.29) is 0 Å². The van der Waals surface area contributed by atoms with Gasteiger partial charge in [-0.15, -0.1) is 5.10 Å². The van der Waals surface area contributed by atoms with Gasteiger partial charge >= 0.3 is 6.01 Å². The first-order valence-corrected chi connectivity index (χ1v) is 8.93. The van der Waals surface area contributed by atoms with Gasteiger partial charge in [0.05, 0.1) is 12.8 Å². The van der Waals surface area contributed by atoms with Crippen LogP contribution >= 0.6 is 11.6 Å². The van der Waals surface area contributed by atoms with Crippen molar-refractivity contribution in [2.24, 2.45) is 0 Å². The molecule has 0 saturated carbocycles. The lowest BCUT2D eigenvalue weighted by Crippen LogP contribution is -2.02. The van der Waals surface area contributed by atoms with Gasteiger partial charge < -0.3 is 14.5 Å². The Morgan fingerprint density at radius 1 is 1.23 bits per heavy atom. The average molecular weight is 376 g/mol. The summed E-state index contributed by atoms with van der Waals surface area (Å²) in [7, 11) is 1.63. The maximum Gasteiger partial charge on any atom is 0.316 e. The van der Waals surface area contributed by atoms with Crippen molar-refractivity contribution < 1.29 is 9.15 Å². The Balaban J connectivity index is 1.67. The van der Waals surface area contributed by atoms with Gasteiger partial charge in [-0.1, -0.05) is 30.0 Å². The molecule has 0 bridgehead atoms. The van der Waals surface area contributed by atoms with Crippen molar-refractivity contribution in [3.63, 3.8) is 0 Å². The van der Waals surface area contributed by atoms with Crippen LogP contribution in [0, 0.1) is 6.92 Å². The zero-order valence-electron chi connectivity index (χ0n) is 15.1. The Kier molecular flexibility index (Phi) is 5.78. The molecule has 7 nitrogen and oxygen atoms in total. The highest BCUT2D eigenvalue weighted by Crippen LogP contribution is 2.24. The third kappa shape index (κ3) is 3.99. The highest BCUT2D eigenvalue weighted by molar-refractivity contribution is 6.30. The van der Waals surface area contributed by atoms with E-state index in [1.54, 1.807) is 7.11 Å². The molecule has 2 aromatic heterocycles. The largest absolute Gasteiger partial charge is 0.497 e. The van der Waals surface area contributed by atoms with Crippen LogP contribution in [0.4, 0.5) is 6.01 Å². The summed E-state index contributed by atoms with van der Waals surface area (Å²) in [6.07, 6.45) is 2.14. The quantitative estimate of drug-likeness (QED) is 0.631. The number of rotatable bonds is 8. The van der Waals surface area contributed by atoms with E-state index >= 15 is 0 Å². The number of aromatic nitrogens is 4. The maximum atomic E-state index is 6.44. The molecular weight excluding hydrogens is 354 g/mol. The van der Waals surface area contributed by atoms with Gasteiger partial charge in [-0.3, -0.25) is 4.68 Å². The summed E-state index contributed by atoms with van der Waals surface area (Å²) >= 11 is 6.44. The van der Waals surface area contributed by atoms with E-state index in [1.807, 2.05) is 35.9 Å². The van der Waals surface area contributed by atoms with E-state index in [0.29, 0.717) is 23.6 Å². The number of halogens is 1. The smallest absolute Gasteiger partial charge is 0.316 e. The minimum atomic E-state index is 0.340. The minimum Gasteiger partial charge on any atom is -0.497 e. The fourth-order valence-corrected chi connectivity index (χ4v) is 2.88. The van der Waals surface area contributed by atoms with E-state index < -0.39 is 0 Å². The lowest BCUT2D eigenvalue weighted by Gasteiger charge is -2.03. The zero-order valence-corrected chi connectivity index (χ0v) is 15.9. The maximum absolute atomic E-state index is 6.44. The van der Waals surface area contributed by atoms with Crippen LogP contribution in [0.15, 0.2) is 28.7 Å². The monoisotopic (exact) mass is 375 g/mol. The number of aryl methyl sites for hydroxylation is 2. The van der Waals surface area contributed by atoms with Gasteiger partial charge in [0.25, 0.3) is 0 Å². The van der Waals surface area contributed by atoms with Crippen LogP contribution < -0.4 is 10.1 Å². The van der Waals surface area contributed by atoms with E-state index in [0.717, 1.165) is 42.0 Å². The molecule has 1 N–H and O–H groups in total. The van der Waals surface area contributed by atoms with Gasteiger partial charge in [0.1, 0.15) is 10.9 Å². The molecule has 2 heterocycles. The highest BCUT2D eigenvalue weighted by Gasteiger charge is 2.15. The SMILES string of the molecule is CCCCn1nc(C)c(CNc2nnc(-c3ccc(OC)cc3)o2)c1Cl. The number of unbranched alkanes of at least 4 members (excludes halogenated alkanes) is 1. The average Bonchev–Trinajstić information content (AvgIpc) is 3.23. The molecule has 0 unspecified atom stereocenters. The number of hydrogen-bond acceptors (Lipinski definition) is 6. The molecule has 0 aliphatic heterocycles. The Labute approximate surface area is 157 Å². The van der Waals surface area contributed by atoms with Crippen LogP contribution in [0.5, 0.6) is 5.75 Å². The molecule has 0 fully saturated rings. The summed E-state index contributed by atoms with van der Waals surface area (Å²) in [6, 6.07) is 7.78. The van der Waals surface area contributed by atoms with Crippen molar-refractivity contribution in [2.75, 3.05) is 12.4 Å². The van der Waals surface area contributed by atoms with Gasteiger partial charge in [-0.05, 0) is 37.6 Å². The molecule has 0 atom stereocenters. The topological polar surface area (TPSA) is 78.0 Å². The summed E-state index contributed by atoms with van der Waals surface area (Å²) in [4.78, 5) is 0. The number of ether oxygens (including phenoxy) is 1. The van der Waals surface area contributed by atoms with Gasteiger partial charge in [0, 0.05) is 24.2 Å². The van der Waals surface area contributed by atoms with Crippen LogP contribution in [0.1, 0.15) is 31.0 Å². The molecule has 3 aromatic rings. The Bertz CT molecular complexity index is 857.